The molecule has 1 atom stereocenters. The molecule has 4 heteroatoms. The molecular weight excluding hydrogens is 346 g/mol. The van der Waals surface area contributed by atoms with E-state index < -0.39 is 0 Å². The van der Waals surface area contributed by atoms with Crippen LogP contribution >= 0.6 is 27.7 Å². The van der Waals surface area contributed by atoms with E-state index in [9.17, 15) is 0 Å². The van der Waals surface area contributed by atoms with Crippen LogP contribution in [0.2, 0.25) is 0 Å². The first-order valence-electron chi connectivity index (χ1n) is 6.81. The number of thioether (sulfide) groups is 1. The lowest BCUT2D eigenvalue weighted by Crippen LogP contribution is -2.15. The number of ether oxygens (including phenoxy) is 1. The third-order valence-electron chi connectivity index (χ3n) is 3.57. The molecule has 2 nitrogen and oxygen atoms in total. The molecule has 2 aromatic carbocycles. The van der Waals surface area contributed by atoms with Crippen LogP contribution in [-0.4, -0.2) is 12.9 Å². The fourth-order valence-electron chi connectivity index (χ4n) is 2.21. The highest BCUT2D eigenvalue weighted by molar-refractivity contribution is 9.10. The van der Waals surface area contributed by atoms with E-state index in [0.717, 1.165) is 27.1 Å². The number of nitrogens with two attached hydrogens (primary N) is 1. The van der Waals surface area contributed by atoms with Gasteiger partial charge in [0.05, 0.1) is 7.11 Å². The van der Waals surface area contributed by atoms with Crippen LogP contribution in [0.5, 0.6) is 5.75 Å². The summed E-state index contributed by atoms with van der Waals surface area (Å²) in [5.41, 5.74) is 9.83. The largest absolute Gasteiger partial charge is 0.496 e. The molecule has 0 aliphatic heterocycles. The van der Waals surface area contributed by atoms with Crippen molar-refractivity contribution in [3.05, 3.63) is 57.6 Å². The van der Waals surface area contributed by atoms with Gasteiger partial charge >= 0.3 is 0 Å². The summed E-state index contributed by atoms with van der Waals surface area (Å²) in [6.07, 6.45) is 0. The van der Waals surface area contributed by atoms with E-state index in [1.807, 2.05) is 18.2 Å². The Kier molecular flexibility index (Phi) is 5.73. The Balaban J connectivity index is 2.16. The van der Waals surface area contributed by atoms with E-state index in [0.29, 0.717) is 0 Å². The lowest BCUT2D eigenvalue weighted by atomic mass is 10.0. The molecule has 0 aliphatic carbocycles. The summed E-state index contributed by atoms with van der Waals surface area (Å²) in [5, 5.41) is 0. The second-order valence-corrected chi connectivity index (χ2v) is 6.89. The summed E-state index contributed by atoms with van der Waals surface area (Å²) in [4.78, 5) is 1.20. The van der Waals surface area contributed by atoms with Crippen LogP contribution in [0.1, 0.15) is 22.7 Å². The SMILES string of the molecule is COc1c(C(N)CSc2ccccc2Br)ccc(C)c1C. The monoisotopic (exact) mass is 365 g/mol. The van der Waals surface area contributed by atoms with Crippen molar-refractivity contribution in [3.8, 4) is 5.75 Å². The molecule has 1 unspecified atom stereocenters. The standard InChI is InChI=1S/C17H20BrNOS/c1-11-8-9-13(17(20-3)12(11)2)15(19)10-21-16-7-5-4-6-14(16)18/h4-9,15H,10,19H2,1-3H3. The quantitative estimate of drug-likeness (QED) is 0.767. The van der Waals surface area contributed by atoms with Gasteiger partial charge in [-0.25, -0.2) is 0 Å². The van der Waals surface area contributed by atoms with Crippen LogP contribution in [0.15, 0.2) is 45.8 Å². The Bertz CT molecular complexity index is 630. The van der Waals surface area contributed by atoms with Gasteiger partial charge in [0.2, 0.25) is 0 Å². The molecule has 2 aromatic rings. The van der Waals surface area contributed by atoms with E-state index in [-0.39, 0.29) is 6.04 Å². The number of hydrogen-bond acceptors (Lipinski definition) is 3. The third kappa shape index (κ3) is 3.82. The second-order valence-electron chi connectivity index (χ2n) is 4.98. The molecule has 0 bridgehead atoms. The van der Waals surface area contributed by atoms with Crippen molar-refractivity contribution >= 4 is 27.7 Å². The van der Waals surface area contributed by atoms with Gasteiger partial charge in [-0.3, -0.25) is 0 Å². The molecule has 0 fully saturated rings. The van der Waals surface area contributed by atoms with Gasteiger partial charge in [-0.05, 0) is 53.0 Å². The number of rotatable bonds is 5. The van der Waals surface area contributed by atoms with Gasteiger partial charge in [-0.15, -0.1) is 11.8 Å². The Morgan fingerprint density at radius 2 is 1.90 bits per heavy atom. The van der Waals surface area contributed by atoms with Crippen molar-refractivity contribution in [2.75, 3.05) is 12.9 Å². The highest BCUT2D eigenvalue weighted by atomic mass is 79.9. The molecular formula is C17H20BrNOS. The van der Waals surface area contributed by atoms with Crippen molar-refractivity contribution in [1.82, 2.24) is 0 Å². The molecule has 0 aliphatic rings. The minimum atomic E-state index is -0.0589. The average Bonchev–Trinajstić information content (AvgIpc) is 2.48. The molecule has 0 radical (unpaired) electrons. The molecule has 0 saturated heterocycles. The molecule has 0 saturated carbocycles. The van der Waals surface area contributed by atoms with Crippen molar-refractivity contribution in [1.29, 1.82) is 0 Å². The zero-order valence-corrected chi connectivity index (χ0v) is 14.9. The van der Waals surface area contributed by atoms with Gasteiger partial charge in [-0.2, -0.15) is 0 Å². The summed E-state index contributed by atoms with van der Waals surface area (Å²) in [7, 11) is 1.71. The highest BCUT2D eigenvalue weighted by Crippen LogP contribution is 2.34. The molecule has 0 heterocycles. The summed E-state index contributed by atoms with van der Waals surface area (Å²) in [5.74, 6) is 1.72. The maximum absolute atomic E-state index is 6.37. The topological polar surface area (TPSA) is 35.2 Å². The van der Waals surface area contributed by atoms with Crippen molar-refractivity contribution in [3.63, 3.8) is 0 Å². The van der Waals surface area contributed by atoms with Crippen molar-refractivity contribution in [2.45, 2.75) is 24.8 Å². The van der Waals surface area contributed by atoms with Crippen molar-refractivity contribution < 1.29 is 4.74 Å². The Morgan fingerprint density at radius 3 is 2.57 bits per heavy atom. The first-order chi connectivity index (χ1) is 10.0. The molecule has 0 amide bonds. The summed E-state index contributed by atoms with van der Waals surface area (Å²) in [6, 6.07) is 12.3. The predicted molar refractivity (Wildman–Crippen MR) is 94.3 cm³/mol. The molecule has 0 spiro atoms. The Hall–Kier alpha value is -0.970. The van der Waals surface area contributed by atoms with E-state index >= 15 is 0 Å². The summed E-state index contributed by atoms with van der Waals surface area (Å²) in [6.45, 7) is 4.16. The smallest absolute Gasteiger partial charge is 0.126 e. The fourth-order valence-corrected chi connectivity index (χ4v) is 3.75. The minimum absolute atomic E-state index is 0.0589. The zero-order valence-electron chi connectivity index (χ0n) is 12.5. The zero-order chi connectivity index (χ0) is 15.4. The van der Waals surface area contributed by atoms with Crippen LogP contribution in [-0.2, 0) is 0 Å². The van der Waals surface area contributed by atoms with Crippen LogP contribution in [0.3, 0.4) is 0 Å². The summed E-state index contributed by atoms with van der Waals surface area (Å²) >= 11 is 5.32. The van der Waals surface area contributed by atoms with E-state index in [4.69, 9.17) is 10.5 Å². The average molecular weight is 366 g/mol. The molecule has 0 aromatic heterocycles. The Labute approximate surface area is 139 Å². The van der Waals surface area contributed by atoms with Crippen LogP contribution in [0.25, 0.3) is 0 Å². The maximum atomic E-state index is 6.37. The first-order valence-corrected chi connectivity index (χ1v) is 8.59. The Morgan fingerprint density at radius 1 is 1.19 bits per heavy atom. The number of aryl methyl sites for hydroxylation is 1. The fraction of sp³-hybridized carbons (Fsp3) is 0.294. The van der Waals surface area contributed by atoms with Gasteiger partial charge in [0.1, 0.15) is 5.75 Å². The lowest BCUT2D eigenvalue weighted by molar-refractivity contribution is 0.403. The van der Waals surface area contributed by atoms with Gasteiger partial charge in [0.25, 0.3) is 0 Å². The molecule has 112 valence electrons. The molecule has 21 heavy (non-hydrogen) atoms. The van der Waals surface area contributed by atoms with E-state index in [2.05, 4.69) is 48.0 Å². The van der Waals surface area contributed by atoms with Gasteiger partial charge in [-0.1, -0.05) is 24.3 Å². The first kappa shape index (κ1) is 16.4. The van der Waals surface area contributed by atoms with Gasteiger partial charge in [0, 0.05) is 26.7 Å². The number of halogens is 1. The third-order valence-corrected chi connectivity index (χ3v) is 5.71. The van der Waals surface area contributed by atoms with E-state index in [1.54, 1.807) is 18.9 Å². The summed E-state index contributed by atoms with van der Waals surface area (Å²) < 4.78 is 6.66. The van der Waals surface area contributed by atoms with E-state index in [1.165, 1.54) is 10.5 Å². The van der Waals surface area contributed by atoms with Gasteiger partial charge in [0.15, 0.2) is 0 Å². The highest BCUT2D eigenvalue weighted by Gasteiger charge is 2.15. The lowest BCUT2D eigenvalue weighted by Gasteiger charge is -2.18. The van der Waals surface area contributed by atoms with Crippen molar-refractivity contribution in [2.24, 2.45) is 5.73 Å². The van der Waals surface area contributed by atoms with Gasteiger partial charge < -0.3 is 10.5 Å². The van der Waals surface area contributed by atoms with Crippen LogP contribution in [0.4, 0.5) is 0 Å². The normalized spacial score (nSPS) is 12.2. The molecule has 2 rings (SSSR count). The second kappa shape index (κ2) is 7.34. The number of methoxy groups -OCH3 is 1. The maximum Gasteiger partial charge on any atom is 0.126 e. The number of hydrogen-bond donors (Lipinski definition) is 1. The van der Waals surface area contributed by atoms with Crippen LogP contribution in [0, 0.1) is 13.8 Å². The van der Waals surface area contributed by atoms with Crippen LogP contribution < -0.4 is 10.5 Å². The minimum Gasteiger partial charge on any atom is -0.496 e. The number of benzene rings is 2. The molecule has 2 N–H and O–H groups in total. The predicted octanol–water partition coefficient (Wildman–Crippen LogP) is 4.87.